The average Bonchev–Trinajstić information content (AvgIpc) is 3.18. The molecule has 0 saturated carbocycles. The zero-order chi connectivity index (χ0) is 25.8. The lowest BCUT2D eigenvalue weighted by molar-refractivity contribution is -0.137. The van der Waals surface area contributed by atoms with Crippen molar-refractivity contribution in [1.82, 2.24) is 14.7 Å². The molecule has 0 radical (unpaired) electrons. The van der Waals surface area contributed by atoms with Crippen molar-refractivity contribution in [3.8, 4) is 5.69 Å². The molecule has 1 heterocycles. The van der Waals surface area contributed by atoms with Gasteiger partial charge in [0.15, 0.2) is 5.78 Å². The van der Waals surface area contributed by atoms with Gasteiger partial charge in [0.1, 0.15) is 5.56 Å². The minimum Gasteiger partial charge on any atom is -0.331 e. The van der Waals surface area contributed by atoms with Crippen molar-refractivity contribution in [3.63, 3.8) is 0 Å². The maximum Gasteiger partial charge on any atom is 0.416 e. The highest BCUT2D eigenvalue weighted by molar-refractivity contribution is 6.02. The maximum absolute atomic E-state index is 13.3. The third-order valence-electron chi connectivity index (χ3n) is 5.76. The molecule has 0 aliphatic heterocycles. The van der Waals surface area contributed by atoms with Gasteiger partial charge in [-0.25, -0.2) is 4.68 Å². The van der Waals surface area contributed by atoms with Crippen LogP contribution in [0.15, 0.2) is 53.3 Å². The van der Waals surface area contributed by atoms with Crippen molar-refractivity contribution in [2.24, 2.45) is 0 Å². The van der Waals surface area contributed by atoms with Gasteiger partial charge in [-0.1, -0.05) is 45.0 Å². The number of rotatable bonds is 9. The second kappa shape index (κ2) is 10.8. The summed E-state index contributed by atoms with van der Waals surface area (Å²) >= 11 is 0. The van der Waals surface area contributed by atoms with Gasteiger partial charge in [0.2, 0.25) is 0 Å². The predicted octanol–water partition coefficient (Wildman–Crippen LogP) is 5.04. The molecule has 0 aliphatic carbocycles. The molecule has 2 aromatic carbocycles. The quantitative estimate of drug-likeness (QED) is 0.430. The van der Waals surface area contributed by atoms with E-state index < -0.39 is 35.5 Å². The van der Waals surface area contributed by atoms with Crippen LogP contribution in [0.2, 0.25) is 0 Å². The summed E-state index contributed by atoms with van der Waals surface area (Å²) < 4.78 is 40.7. The normalized spacial score (nSPS) is 11.5. The molecule has 0 bridgehead atoms. The second-order valence-corrected chi connectivity index (χ2v) is 8.17. The Bertz CT molecular complexity index is 1270. The summed E-state index contributed by atoms with van der Waals surface area (Å²) in [5.74, 6) is -1.26. The number of aryl methyl sites for hydroxylation is 2. The number of Topliss-reactive ketones (excluding diaryl/α,β-unsaturated/α-hetero) is 1. The van der Waals surface area contributed by atoms with Crippen molar-refractivity contribution in [3.05, 3.63) is 86.8 Å². The summed E-state index contributed by atoms with van der Waals surface area (Å²) in [5, 5.41) is 3.02. The van der Waals surface area contributed by atoms with E-state index in [0.29, 0.717) is 30.6 Å². The van der Waals surface area contributed by atoms with Crippen LogP contribution in [-0.4, -0.2) is 39.5 Å². The van der Waals surface area contributed by atoms with Gasteiger partial charge in [-0.15, -0.1) is 0 Å². The number of carbonyl (C=O) groups excluding carboxylic acids is 2. The van der Waals surface area contributed by atoms with Gasteiger partial charge in [0, 0.05) is 17.8 Å². The molecule has 9 heteroatoms. The van der Waals surface area contributed by atoms with E-state index in [1.807, 2.05) is 19.1 Å². The molecule has 0 fully saturated rings. The van der Waals surface area contributed by atoms with Crippen molar-refractivity contribution < 1.29 is 22.8 Å². The number of aromatic nitrogens is 2. The van der Waals surface area contributed by atoms with Crippen LogP contribution >= 0.6 is 0 Å². The molecule has 1 aromatic heterocycles. The summed E-state index contributed by atoms with van der Waals surface area (Å²) in [6.45, 7) is 5.29. The highest BCUT2D eigenvalue weighted by Crippen LogP contribution is 2.29. The minimum absolute atomic E-state index is 0.0450. The molecule has 0 unspecified atom stereocenters. The molecule has 3 rings (SSSR count). The molecule has 0 spiro atoms. The fourth-order valence-corrected chi connectivity index (χ4v) is 4.01. The summed E-state index contributed by atoms with van der Waals surface area (Å²) in [5.41, 5.74) is 0.327. The van der Waals surface area contributed by atoms with E-state index >= 15 is 0 Å². The maximum atomic E-state index is 13.3. The standard InChI is InChI=1S/C26H28F3N3O3/c1-4-14-31(24(34)18-11-9-12-19(15-18)26(27,28)29)16-22(33)23-20(6-3)30-32(25(23)35)21-13-8-7-10-17(21)5-2/h7-13,15,30H,4-6,14,16H2,1-3H3. The number of hydrogen-bond donors (Lipinski definition) is 1. The number of amides is 1. The summed E-state index contributed by atoms with van der Waals surface area (Å²) in [4.78, 5) is 40.8. The Morgan fingerprint density at radius 3 is 2.34 bits per heavy atom. The number of H-pyrrole nitrogens is 1. The van der Waals surface area contributed by atoms with E-state index in [9.17, 15) is 27.6 Å². The Morgan fingerprint density at radius 1 is 1.00 bits per heavy atom. The number of aromatic amines is 1. The molecule has 1 amide bonds. The number of para-hydroxylation sites is 1. The van der Waals surface area contributed by atoms with Crippen LogP contribution in [-0.2, 0) is 19.0 Å². The second-order valence-electron chi connectivity index (χ2n) is 8.17. The van der Waals surface area contributed by atoms with Gasteiger partial charge in [0.05, 0.1) is 17.8 Å². The molecule has 186 valence electrons. The van der Waals surface area contributed by atoms with Crippen molar-refractivity contribution in [2.45, 2.75) is 46.2 Å². The van der Waals surface area contributed by atoms with Gasteiger partial charge in [-0.2, -0.15) is 13.2 Å². The molecular formula is C26H28F3N3O3. The summed E-state index contributed by atoms with van der Waals surface area (Å²) in [6, 6.07) is 11.4. The molecule has 0 saturated heterocycles. The smallest absolute Gasteiger partial charge is 0.331 e. The van der Waals surface area contributed by atoms with Crippen molar-refractivity contribution in [1.29, 1.82) is 0 Å². The average molecular weight is 488 g/mol. The number of halogens is 3. The highest BCUT2D eigenvalue weighted by Gasteiger charge is 2.32. The lowest BCUT2D eigenvalue weighted by atomic mass is 10.1. The van der Waals surface area contributed by atoms with Gasteiger partial charge >= 0.3 is 6.18 Å². The number of carbonyl (C=O) groups is 2. The number of nitrogens with zero attached hydrogens (tertiary/aromatic N) is 2. The fraction of sp³-hybridized carbons (Fsp3) is 0.346. The van der Waals surface area contributed by atoms with Gasteiger partial charge in [-0.05, 0) is 49.1 Å². The van der Waals surface area contributed by atoms with Gasteiger partial charge in [-0.3, -0.25) is 19.5 Å². The molecule has 3 aromatic rings. The largest absolute Gasteiger partial charge is 0.416 e. The van der Waals surface area contributed by atoms with E-state index in [-0.39, 0.29) is 17.7 Å². The van der Waals surface area contributed by atoms with Crippen LogP contribution in [0.1, 0.15) is 64.7 Å². The highest BCUT2D eigenvalue weighted by atomic mass is 19.4. The van der Waals surface area contributed by atoms with Gasteiger partial charge in [0.25, 0.3) is 11.5 Å². The number of ketones is 1. The van der Waals surface area contributed by atoms with E-state index in [2.05, 4.69) is 5.10 Å². The van der Waals surface area contributed by atoms with Crippen LogP contribution in [0, 0.1) is 0 Å². The Morgan fingerprint density at radius 2 is 1.71 bits per heavy atom. The van der Waals surface area contributed by atoms with Crippen LogP contribution < -0.4 is 5.56 Å². The number of nitrogens with one attached hydrogen (secondary N) is 1. The van der Waals surface area contributed by atoms with Crippen LogP contribution in [0.5, 0.6) is 0 Å². The zero-order valence-electron chi connectivity index (χ0n) is 19.9. The van der Waals surface area contributed by atoms with Crippen LogP contribution in [0.25, 0.3) is 5.69 Å². The molecule has 1 N–H and O–H groups in total. The van der Waals surface area contributed by atoms with Crippen molar-refractivity contribution in [2.75, 3.05) is 13.1 Å². The monoisotopic (exact) mass is 487 g/mol. The first-order chi connectivity index (χ1) is 16.6. The van der Waals surface area contributed by atoms with Crippen molar-refractivity contribution >= 4 is 11.7 Å². The first-order valence-corrected chi connectivity index (χ1v) is 11.5. The Balaban J connectivity index is 1.96. The Hall–Kier alpha value is -3.62. The lowest BCUT2D eigenvalue weighted by Crippen LogP contribution is -2.38. The first kappa shape index (κ1) is 26.0. The van der Waals surface area contributed by atoms with E-state index in [1.165, 1.54) is 15.6 Å². The topological polar surface area (TPSA) is 75.2 Å². The van der Waals surface area contributed by atoms with Gasteiger partial charge < -0.3 is 4.90 Å². The third-order valence-corrected chi connectivity index (χ3v) is 5.76. The summed E-state index contributed by atoms with van der Waals surface area (Å²) in [6.07, 6.45) is -3.04. The third kappa shape index (κ3) is 5.55. The van der Waals surface area contributed by atoms with Crippen LogP contribution in [0.4, 0.5) is 13.2 Å². The number of alkyl halides is 3. The first-order valence-electron chi connectivity index (χ1n) is 11.5. The van der Waals surface area contributed by atoms with E-state index in [1.54, 1.807) is 26.0 Å². The number of benzene rings is 2. The van der Waals surface area contributed by atoms with E-state index in [0.717, 1.165) is 23.8 Å². The van der Waals surface area contributed by atoms with E-state index in [4.69, 9.17) is 0 Å². The molecule has 0 atom stereocenters. The molecule has 35 heavy (non-hydrogen) atoms. The summed E-state index contributed by atoms with van der Waals surface area (Å²) in [7, 11) is 0. The minimum atomic E-state index is -4.59. The molecular weight excluding hydrogens is 459 g/mol. The number of hydrogen-bond acceptors (Lipinski definition) is 3. The molecule has 0 aliphatic rings. The zero-order valence-corrected chi connectivity index (χ0v) is 19.9. The van der Waals surface area contributed by atoms with Crippen LogP contribution in [0.3, 0.4) is 0 Å². The molecule has 6 nitrogen and oxygen atoms in total. The lowest BCUT2D eigenvalue weighted by Gasteiger charge is -2.22. The Kier molecular flexibility index (Phi) is 7.99. The fourth-order valence-electron chi connectivity index (χ4n) is 4.01. The predicted molar refractivity (Wildman–Crippen MR) is 127 cm³/mol. The Labute approximate surface area is 201 Å². The SMILES string of the molecule is CCCN(CC(=O)c1c(CC)[nH]n(-c2ccccc2CC)c1=O)C(=O)c1cccc(C(F)(F)F)c1.